The monoisotopic (exact) mass is 399 g/mol. The normalized spacial score (nSPS) is 16.8. The van der Waals surface area contributed by atoms with Crippen molar-refractivity contribution in [3.8, 4) is 0 Å². The number of carbonyl (C=O) groups excluding carboxylic acids is 1. The van der Waals surface area contributed by atoms with Gasteiger partial charge in [-0.05, 0) is 49.4 Å². The van der Waals surface area contributed by atoms with Gasteiger partial charge in [0.25, 0.3) is 0 Å². The number of rotatable bonds is 7. The van der Waals surface area contributed by atoms with Crippen molar-refractivity contribution in [2.24, 2.45) is 5.92 Å². The summed E-state index contributed by atoms with van der Waals surface area (Å²) in [7, 11) is 0. The van der Waals surface area contributed by atoms with Crippen LogP contribution in [0.3, 0.4) is 0 Å². The number of hydrogen-bond donors (Lipinski definition) is 2. The Morgan fingerprint density at radius 3 is 2.55 bits per heavy atom. The number of ether oxygens (including phenoxy) is 1. The Bertz CT molecular complexity index is 877. The molecular weight excluding hydrogens is 373 g/mol. The highest BCUT2D eigenvalue weighted by Crippen LogP contribution is 2.35. The minimum Gasteiger partial charge on any atom is -0.481 e. The molecule has 1 fully saturated rings. The summed E-state index contributed by atoms with van der Waals surface area (Å²) in [5.41, 5.74) is 1.66. The Hall–Kier alpha value is -2.73. The molecule has 0 aliphatic carbocycles. The predicted octanol–water partition coefficient (Wildman–Crippen LogP) is 3.24. The van der Waals surface area contributed by atoms with Gasteiger partial charge in [-0.2, -0.15) is 0 Å². The Morgan fingerprint density at radius 1 is 1.17 bits per heavy atom. The molecule has 0 bridgehead atoms. The molecule has 1 amide bonds. The molecule has 1 atom stereocenters. The van der Waals surface area contributed by atoms with Crippen molar-refractivity contribution in [2.75, 3.05) is 19.8 Å². The average Bonchev–Trinajstić information content (AvgIpc) is 2.71. The molecule has 1 unspecified atom stereocenters. The highest BCUT2D eigenvalue weighted by molar-refractivity contribution is 5.88. The molecule has 3 rings (SSSR count). The number of hydrogen-bond acceptors (Lipinski definition) is 3. The lowest BCUT2D eigenvalue weighted by atomic mass is 9.73. The van der Waals surface area contributed by atoms with Crippen molar-refractivity contribution in [2.45, 2.75) is 31.6 Å². The van der Waals surface area contributed by atoms with Gasteiger partial charge >= 0.3 is 5.97 Å². The van der Waals surface area contributed by atoms with Crippen LogP contribution in [0.4, 0.5) is 4.39 Å². The second-order valence-corrected chi connectivity index (χ2v) is 7.64. The van der Waals surface area contributed by atoms with Crippen LogP contribution < -0.4 is 5.32 Å². The first-order valence-electron chi connectivity index (χ1n) is 9.81. The summed E-state index contributed by atoms with van der Waals surface area (Å²) in [6.45, 7) is 2.76. The summed E-state index contributed by atoms with van der Waals surface area (Å²) in [5.74, 6) is -2.38. The van der Waals surface area contributed by atoms with Gasteiger partial charge in [-0.1, -0.05) is 42.0 Å². The highest BCUT2D eigenvalue weighted by atomic mass is 19.1. The third kappa shape index (κ3) is 5.01. The van der Waals surface area contributed by atoms with Crippen LogP contribution in [-0.4, -0.2) is 36.7 Å². The maximum absolute atomic E-state index is 13.8. The fraction of sp³-hybridized carbons (Fsp3) is 0.391. The summed E-state index contributed by atoms with van der Waals surface area (Å²) in [5, 5.41) is 12.5. The molecule has 2 N–H and O–H groups in total. The zero-order valence-corrected chi connectivity index (χ0v) is 16.5. The van der Waals surface area contributed by atoms with Crippen molar-refractivity contribution < 1.29 is 23.8 Å². The SMILES string of the molecule is Cc1cccc(CC(CNC(=O)C2(c3cccc(F)c3)CCOCC2)C(=O)O)c1. The van der Waals surface area contributed by atoms with Gasteiger partial charge in [-0.25, -0.2) is 4.39 Å². The lowest BCUT2D eigenvalue weighted by Crippen LogP contribution is -2.49. The number of amides is 1. The quantitative estimate of drug-likeness (QED) is 0.750. The molecule has 1 heterocycles. The van der Waals surface area contributed by atoms with E-state index < -0.39 is 23.1 Å². The molecular formula is C23H26FNO4. The minimum atomic E-state index is -0.960. The van der Waals surface area contributed by atoms with Crippen molar-refractivity contribution in [3.05, 3.63) is 71.0 Å². The summed E-state index contributed by atoms with van der Waals surface area (Å²) in [6, 6.07) is 13.7. The molecule has 5 nitrogen and oxygen atoms in total. The van der Waals surface area contributed by atoms with E-state index in [-0.39, 0.29) is 12.5 Å². The lowest BCUT2D eigenvalue weighted by Gasteiger charge is -2.36. The fourth-order valence-corrected chi connectivity index (χ4v) is 3.91. The standard InChI is InChI=1S/C23H26FNO4/c1-16-4-2-5-17(12-16)13-18(21(26)27)15-25-22(28)23(8-10-29-11-9-23)19-6-3-7-20(24)14-19/h2-7,12,14,18H,8-11,13,15H2,1H3,(H,25,28)(H,26,27). The molecule has 154 valence electrons. The summed E-state index contributed by atoms with van der Waals surface area (Å²) in [6.07, 6.45) is 1.18. The zero-order chi connectivity index (χ0) is 20.9. The third-order valence-electron chi connectivity index (χ3n) is 5.58. The van der Waals surface area contributed by atoms with Gasteiger partial charge in [-0.15, -0.1) is 0 Å². The van der Waals surface area contributed by atoms with Gasteiger partial charge in [0.1, 0.15) is 5.82 Å². The lowest BCUT2D eigenvalue weighted by molar-refractivity contribution is -0.142. The van der Waals surface area contributed by atoms with E-state index in [1.54, 1.807) is 12.1 Å². The second-order valence-electron chi connectivity index (χ2n) is 7.64. The second kappa shape index (κ2) is 9.18. The fourth-order valence-electron chi connectivity index (χ4n) is 3.91. The number of aryl methyl sites for hydroxylation is 1. The average molecular weight is 399 g/mol. The smallest absolute Gasteiger partial charge is 0.308 e. The molecule has 1 aliphatic rings. The number of carboxylic acids is 1. The summed E-state index contributed by atoms with van der Waals surface area (Å²) >= 11 is 0. The molecule has 6 heteroatoms. The summed E-state index contributed by atoms with van der Waals surface area (Å²) in [4.78, 5) is 24.9. The number of halogens is 1. The number of carbonyl (C=O) groups is 2. The van der Waals surface area contributed by atoms with Gasteiger partial charge in [-0.3, -0.25) is 9.59 Å². The first kappa shape index (κ1) is 21.0. The van der Waals surface area contributed by atoms with Crippen LogP contribution in [0.2, 0.25) is 0 Å². The predicted molar refractivity (Wildman–Crippen MR) is 107 cm³/mol. The van der Waals surface area contributed by atoms with Crippen molar-refractivity contribution in [1.29, 1.82) is 0 Å². The van der Waals surface area contributed by atoms with Crippen molar-refractivity contribution in [1.82, 2.24) is 5.32 Å². The van der Waals surface area contributed by atoms with Crippen LogP contribution >= 0.6 is 0 Å². The number of nitrogens with one attached hydrogen (secondary N) is 1. The van der Waals surface area contributed by atoms with E-state index in [1.807, 2.05) is 31.2 Å². The van der Waals surface area contributed by atoms with Crippen LogP contribution in [0.25, 0.3) is 0 Å². The van der Waals surface area contributed by atoms with E-state index in [9.17, 15) is 19.1 Å². The third-order valence-corrected chi connectivity index (χ3v) is 5.58. The molecule has 0 radical (unpaired) electrons. The Kier molecular flexibility index (Phi) is 6.64. The highest BCUT2D eigenvalue weighted by Gasteiger charge is 2.42. The van der Waals surface area contributed by atoms with E-state index in [4.69, 9.17) is 4.74 Å². The Morgan fingerprint density at radius 2 is 1.90 bits per heavy atom. The molecule has 0 saturated carbocycles. The first-order chi connectivity index (χ1) is 13.9. The van der Waals surface area contributed by atoms with E-state index in [1.165, 1.54) is 12.1 Å². The molecule has 1 aliphatic heterocycles. The molecule has 2 aromatic carbocycles. The van der Waals surface area contributed by atoms with Crippen LogP contribution in [0, 0.1) is 18.7 Å². The molecule has 29 heavy (non-hydrogen) atoms. The van der Waals surface area contributed by atoms with Crippen LogP contribution in [0.1, 0.15) is 29.5 Å². The zero-order valence-electron chi connectivity index (χ0n) is 16.5. The van der Waals surface area contributed by atoms with E-state index >= 15 is 0 Å². The van der Waals surface area contributed by atoms with Crippen LogP contribution in [0.15, 0.2) is 48.5 Å². The van der Waals surface area contributed by atoms with Gasteiger partial charge in [0, 0.05) is 19.8 Å². The number of aliphatic carboxylic acids is 1. The summed E-state index contributed by atoms with van der Waals surface area (Å²) < 4.78 is 19.2. The van der Waals surface area contributed by atoms with E-state index in [2.05, 4.69) is 5.32 Å². The maximum Gasteiger partial charge on any atom is 0.308 e. The van der Waals surface area contributed by atoms with Gasteiger partial charge < -0.3 is 15.2 Å². The molecule has 1 saturated heterocycles. The molecule has 2 aromatic rings. The van der Waals surface area contributed by atoms with E-state index in [0.717, 1.165) is 11.1 Å². The number of carboxylic acid groups (broad SMARTS) is 1. The van der Waals surface area contributed by atoms with Gasteiger partial charge in [0.2, 0.25) is 5.91 Å². The maximum atomic E-state index is 13.8. The van der Waals surface area contributed by atoms with E-state index in [0.29, 0.717) is 38.0 Å². The van der Waals surface area contributed by atoms with Crippen molar-refractivity contribution in [3.63, 3.8) is 0 Å². The Labute approximate surface area is 169 Å². The largest absolute Gasteiger partial charge is 0.481 e. The first-order valence-corrected chi connectivity index (χ1v) is 9.81. The van der Waals surface area contributed by atoms with Gasteiger partial charge in [0.05, 0.1) is 11.3 Å². The minimum absolute atomic E-state index is 0.0139. The van der Waals surface area contributed by atoms with Gasteiger partial charge in [0.15, 0.2) is 0 Å². The van der Waals surface area contributed by atoms with Crippen molar-refractivity contribution >= 4 is 11.9 Å². The Balaban J connectivity index is 1.75. The van der Waals surface area contributed by atoms with Crippen LogP contribution in [0.5, 0.6) is 0 Å². The molecule has 0 spiro atoms. The number of benzene rings is 2. The topological polar surface area (TPSA) is 75.6 Å². The van der Waals surface area contributed by atoms with Crippen LogP contribution in [-0.2, 0) is 26.2 Å². The molecule has 0 aromatic heterocycles.